The number of nitrogens with zero attached hydrogens (tertiary/aromatic N) is 2. The van der Waals surface area contributed by atoms with Crippen molar-refractivity contribution in [1.29, 1.82) is 0 Å². The Morgan fingerprint density at radius 1 is 0.293 bits per heavy atom. The third kappa shape index (κ3) is 5.82. The molecule has 1 aromatic heterocycles. The molecule has 0 aliphatic rings. The minimum absolute atomic E-state index is 1.08. The van der Waals surface area contributed by atoms with E-state index in [4.69, 9.17) is 0 Å². The van der Waals surface area contributed by atoms with Gasteiger partial charge in [-0.15, -0.1) is 0 Å². The van der Waals surface area contributed by atoms with Gasteiger partial charge in [-0.1, -0.05) is 170 Å². The van der Waals surface area contributed by atoms with Crippen molar-refractivity contribution >= 4 is 60.4 Å². The van der Waals surface area contributed by atoms with Gasteiger partial charge in [0, 0.05) is 33.5 Å². The number of benzene rings is 10. The van der Waals surface area contributed by atoms with E-state index < -0.39 is 0 Å². The van der Waals surface area contributed by atoms with Gasteiger partial charge >= 0.3 is 0 Å². The first kappa shape index (κ1) is 33.6. The van der Waals surface area contributed by atoms with Gasteiger partial charge in [0.15, 0.2) is 0 Å². The zero-order valence-corrected chi connectivity index (χ0v) is 31.8. The fraction of sp³-hybridized carbons (Fsp3) is 0. The Labute approximate surface area is 338 Å². The van der Waals surface area contributed by atoms with Crippen LogP contribution < -0.4 is 4.90 Å². The lowest BCUT2D eigenvalue weighted by Crippen LogP contribution is -2.10. The third-order valence-electron chi connectivity index (χ3n) is 11.5. The van der Waals surface area contributed by atoms with E-state index in [0.717, 1.165) is 22.7 Å². The molecule has 10 aromatic carbocycles. The highest BCUT2D eigenvalue weighted by atomic mass is 15.1. The summed E-state index contributed by atoms with van der Waals surface area (Å²) in [5.74, 6) is 0. The molecule has 0 saturated carbocycles. The number of hydrogen-bond acceptors (Lipinski definition) is 1. The first-order valence-corrected chi connectivity index (χ1v) is 19.9. The Morgan fingerprint density at radius 3 is 1.66 bits per heavy atom. The molecule has 2 nitrogen and oxygen atoms in total. The molecule has 58 heavy (non-hydrogen) atoms. The van der Waals surface area contributed by atoms with Crippen LogP contribution in [0.25, 0.3) is 82.4 Å². The first-order valence-electron chi connectivity index (χ1n) is 19.9. The molecule has 0 fully saturated rings. The van der Waals surface area contributed by atoms with Gasteiger partial charge in [0.1, 0.15) is 0 Å². The summed E-state index contributed by atoms with van der Waals surface area (Å²) in [5, 5.41) is 7.51. The normalized spacial score (nSPS) is 11.4. The predicted molar refractivity (Wildman–Crippen MR) is 247 cm³/mol. The highest BCUT2D eigenvalue weighted by Gasteiger charge is 2.20. The maximum absolute atomic E-state index is 2.46. The van der Waals surface area contributed by atoms with Crippen molar-refractivity contribution < 1.29 is 0 Å². The van der Waals surface area contributed by atoms with Gasteiger partial charge in [-0.3, -0.25) is 0 Å². The summed E-state index contributed by atoms with van der Waals surface area (Å²) < 4.78 is 2.46. The lowest BCUT2D eigenvalue weighted by molar-refractivity contribution is 1.17. The summed E-state index contributed by atoms with van der Waals surface area (Å²) in [5.41, 5.74) is 13.9. The minimum atomic E-state index is 1.08. The third-order valence-corrected chi connectivity index (χ3v) is 11.5. The van der Waals surface area contributed by atoms with E-state index in [1.54, 1.807) is 0 Å². The van der Waals surface area contributed by atoms with Crippen LogP contribution in [-0.4, -0.2) is 4.57 Å². The van der Waals surface area contributed by atoms with Gasteiger partial charge in [-0.05, 0) is 116 Å². The summed E-state index contributed by atoms with van der Waals surface area (Å²) in [6, 6.07) is 83.7. The Bertz CT molecular complexity index is 3270. The van der Waals surface area contributed by atoms with Gasteiger partial charge in [-0.25, -0.2) is 0 Å². The lowest BCUT2D eigenvalue weighted by atomic mass is 9.95. The minimum Gasteiger partial charge on any atom is -0.310 e. The summed E-state index contributed by atoms with van der Waals surface area (Å²) in [6.07, 6.45) is 0. The number of anilines is 3. The Hall–Kier alpha value is -7.68. The molecule has 0 N–H and O–H groups in total. The molecule has 0 aliphatic carbocycles. The van der Waals surface area contributed by atoms with Crippen LogP contribution in [0.3, 0.4) is 0 Å². The Morgan fingerprint density at radius 2 is 0.862 bits per heavy atom. The standard InChI is InChI=1S/C56H38N2/c1-3-14-39(15-4-1)42-30-33-47(34-31-42)57(48-22-11-21-45(37-48)40-16-5-2-6-17-40)49-23-12-24-50(38-49)58-53-27-13-26-52(46-29-28-41-18-7-8-20-44(41)36-46)56(53)55-51-25-10-9-19-43(51)32-35-54(55)58/h1-38H. The highest BCUT2D eigenvalue weighted by Crippen LogP contribution is 2.44. The van der Waals surface area contributed by atoms with Crippen molar-refractivity contribution in [2.75, 3.05) is 4.90 Å². The molecular formula is C56H38N2. The molecule has 0 spiro atoms. The maximum atomic E-state index is 2.46. The van der Waals surface area contributed by atoms with Gasteiger partial charge < -0.3 is 9.47 Å². The molecule has 0 unspecified atom stereocenters. The topological polar surface area (TPSA) is 8.17 Å². The Kier molecular flexibility index (Phi) is 8.19. The first-order chi connectivity index (χ1) is 28.8. The molecule has 0 amide bonds. The van der Waals surface area contributed by atoms with Crippen LogP contribution in [0.15, 0.2) is 231 Å². The summed E-state index contributed by atoms with van der Waals surface area (Å²) in [4.78, 5) is 2.38. The summed E-state index contributed by atoms with van der Waals surface area (Å²) in [6.45, 7) is 0. The monoisotopic (exact) mass is 738 g/mol. The maximum Gasteiger partial charge on any atom is 0.0547 e. The van der Waals surface area contributed by atoms with Crippen molar-refractivity contribution in [2.24, 2.45) is 0 Å². The van der Waals surface area contributed by atoms with Crippen LogP contribution in [-0.2, 0) is 0 Å². The molecule has 11 rings (SSSR count). The molecule has 0 bridgehead atoms. The number of aromatic nitrogens is 1. The van der Waals surface area contributed by atoms with Crippen molar-refractivity contribution in [3.63, 3.8) is 0 Å². The van der Waals surface area contributed by atoms with Gasteiger partial charge in [0.25, 0.3) is 0 Å². The van der Waals surface area contributed by atoms with E-state index in [-0.39, 0.29) is 0 Å². The highest BCUT2D eigenvalue weighted by molar-refractivity contribution is 6.25. The molecule has 11 aromatic rings. The van der Waals surface area contributed by atoms with E-state index in [9.17, 15) is 0 Å². The van der Waals surface area contributed by atoms with Crippen molar-refractivity contribution in [3.05, 3.63) is 231 Å². The largest absolute Gasteiger partial charge is 0.310 e. The van der Waals surface area contributed by atoms with E-state index in [0.29, 0.717) is 0 Å². The second-order valence-electron chi connectivity index (χ2n) is 15.0. The van der Waals surface area contributed by atoms with Gasteiger partial charge in [-0.2, -0.15) is 0 Å². The molecular weight excluding hydrogens is 701 g/mol. The fourth-order valence-electron chi connectivity index (χ4n) is 8.81. The summed E-state index contributed by atoms with van der Waals surface area (Å²) >= 11 is 0. The molecule has 272 valence electrons. The smallest absolute Gasteiger partial charge is 0.0547 e. The van der Waals surface area contributed by atoms with Gasteiger partial charge in [0.2, 0.25) is 0 Å². The number of hydrogen-bond donors (Lipinski definition) is 0. The lowest BCUT2D eigenvalue weighted by Gasteiger charge is -2.27. The second kappa shape index (κ2) is 14.1. The van der Waals surface area contributed by atoms with Gasteiger partial charge in [0.05, 0.1) is 11.0 Å². The molecule has 0 atom stereocenters. The van der Waals surface area contributed by atoms with Crippen LogP contribution >= 0.6 is 0 Å². The zero-order valence-electron chi connectivity index (χ0n) is 31.8. The number of fused-ring (bicyclic) bond motifs is 6. The van der Waals surface area contributed by atoms with E-state index in [1.165, 1.54) is 76.7 Å². The van der Waals surface area contributed by atoms with Crippen molar-refractivity contribution in [3.8, 4) is 39.1 Å². The molecule has 0 aliphatic heterocycles. The van der Waals surface area contributed by atoms with Crippen molar-refractivity contribution in [1.82, 2.24) is 4.57 Å². The van der Waals surface area contributed by atoms with Crippen LogP contribution in [0, 0.1) is 0 Å². The molecule has 0 radical (unpaired) electrons. The van der Waals surface area contributed by atoms with Crippen LogP contribution in [0.5, 0.6) is 0 Å². The zero-order chi connectivity index (χ0) is 38.4. The number of rotatable bonds is 7. The fourth-order valence-corrected chi connectivity index (χ4v) is 8.81. The van der Waals surface area contributed by atoms with Crippen LogP contribution in [0.2, 0.25) is 0 Å². The second-order valence-corrected chi connectivity index (χ2v) is 15.0. The predicted octanol–water partition coefficient (Wildman–Crippen LogP) is 15.6. The molecule has 1 heterocycles. The quantitative estimate of drug-likeness (QED) is 0.158. The van der Waals surface area contributed by atoms with E-state index in [2.05, 4.69) is 240 Å². The summed E-state index contributed by atoms with van der Waals surface area (Å²) in [7, 11) is 0. The molecule has 2 heteroatoms. The average molecular weight is 739 g/mol. The molecule has 0 saturated heterocycles. The average Bonchev–Trinajstić information content (AvgIpc) is 3.65. The SMILES string of the molecule is c1ccc(-c2ccc(N(c3cccc(-c4ccccc4)c3)c3cccc(-n4c5cccc(-c6ccc7ccccc7c6)c5c5c6ccccc6ccc54)c3)cc2)cc1. The Balaban J connectivity index is 1.13. The van der Waals surface area contributed by atoms with Crippen molar-refractivity contribution in [2.45, 2.75) is 0 Å². The van der Waals surface area contributed by atoms with E-state index in [1.807, 2.05) is 0 Å². The van der Waals surface area contributed by atoms with Crippen LogP contribution in [0.4, 0.5) is 17.1 Å². The van der Waals surface area contributed by atoms with E-state index >= 15 is 0 Å². The van der Waals surface area contributed by atoms with Crippen LogP contribution in [0.1, 0.15) is 0 Å².